The number of nitrogens with one attached hydrogen (secondary N) is 1. The Morgan fingerprint density at radius 3 is 2.76 bits per heavy atom. The second kappa shape index (κ2) is 6.32. The monoisotopic (exact) mass is 238 g/mol. The van der Waals surface area contributed by atoms with Crippen LogP contribution in [-0.4, -0.2) is 22.7 Å². The van der Waals surface area contributed by atoms with E-state index in [1.165, 1.54) is 6.07 Å². The maximum atomic E-state index is 10.7. The van der Waals surface area contributed by atoms with Crippen LogP contribution in [0.4, 0.5) is 5.69 Å². The van der Waals surface area contributed by atoms with E-state index < -0.39 is 4.92 Å². The number of nitro benzene ring substituents is 1. The van der Waals surface area contributed by atoms with Gasteiger partial charge in [0.1, 0.15) is 0 Å². The molecule has 0 radical (unpaired) electrons. The van der Waals surface area contributed by atoms with Crippen LogP contribution in [0.3, 0.4) is 0 Å². The molecular formula is C12H18N2O3. The van der Waals surface area contributed by atoms with Crippen LogP contribution < -0.4 is 5.32 Å². The molecule has 1 rings (SSSR count). The lowest BCUT2D eigenvalue weighted by Crippen LogP contribution is -2.33. The van der Waals surface area contributed by atoms with E-state index in [0.29, 0.717) is 0 Å². The van der Waals surface area contributed by atoms with Crippen molar-refractivity contribution in [1.29, 1.82) is 0 Å². The van der Waals surface area contributed by atoms with Gasteiger partial charge in [-0.15, -0.1) is 0 Å². The fraction of sp³-hybridized carbons (Fsp3) is 0.500. The molecular weight excluding hydrogens is 220 g/mol. The summed E-state index contributed by atoms with van der Waals surface area (Å²) in [5, 5.41) is 23.0. The largest absolute Gasteiger partial charge is 0.395 e. The molecule has 5 heteroatoms. The van der Waals surface area contributed by atoms with E-state index in [9.17, 15) is 10.1 Å². The highest BCUT2D eigenvalue weighted by Crippen LogP contribution is 2.19. The first-order chi connectivity index (χ1) is 8.08. The van der Waals surface area contributed by atoms with Crippen LogP contribution in [0, 0.1) is 10.1 Å². The molecule has 0 bridgehead atoms. The van der Waals surface area contributed by atoms with Crippen molar-refractivity contribution in [2.75, 3.05) is 6.61 Å². The number of aliphatic hydroxyl groups is 1. The minimum atomic E-state index is -0.403. The maximum absolute atomic E-state index is 10.7. The summed E-state index contributed by atoms with van der Waals surface area (Å²) in [6.07, 6.45) is 0.815. The van der Waals surface area contributed by atoms with Crippen LogP contribution in [0.5, 0.6) is 0 Å². The third-order valence-corrected chi connectivity index (χ3v) is 2.78. The molecule has 1 unspecified atom stereocenters. The zero-order valence-corrected chi connectivity index (χ0v) is 10.1. The third kappa shape index (κ3) is 3.80. The molecule has 2 atom stereocenters. The minimum Gasteiger partial charge on any atom is -0.395 e. The standard InChI is InChI=1S/C12H18N2O3/c1-3-11(8-15)13-9(2)10-5-4-6-12(7-10)14(16)17/h4-7,9,11,13,15H,3,8H2,1-2H3/t9?,11-/m1/s1. The van der Waals surface area contributed by atoms with Crippen molar-refractivity contribution in [2.45, 2.75) is 32.4 Å². The van der Waals surface area contributed by atoms with Gasteiger partial charge in [-0.05, 0) is 18.9 Å². The molecule has 0 heterocycles. The van der Waals surface area contributed by atoms with Crippen LogP contribution in [0.2, 0.25) is 0 Å². The van der Waals surface area contributed by atoms with Gasteiger partial charge in [-0.2, -0.15) is 0 Å². The van der Waals surface area contributed by atoms with Crippen LogP contribution in [0.15, 0.2) is 24.3 Å². The van der Waals surface area contributed by atoms with Gasteiger partial charge in [0.25, 0.3) is 5.69 Å². The molecule has 0 aliphatic carbocycles. The Kier molecular flexibility index (Phi) is 5.06. The van der Waals surface area contributed by atoms with Gasteiger partial charge in [-0.3, -0.25) is 10.1 Å². The Balaban J connectivity index is 2.78. The normalized spacial score (nSPS) is 14.3. The predicted molar refractivity (Wildman–Crippen MR) is 65.8 cm³/mol. The Morgan fingerprint density at radius 1 is 1.53 bits per heavy atom. The maximum Gasteiger partial charge on any atom is 0.269 e. The Hall–Kier alpha value is -1.46. The summed E-state index contributed by atoms with van der Waals surface area (Å²) in [4.78, 5) is 10.3. The molecule has 0 spiro atoms. The number of hydrogen-bond donors (Lipinski definition) is 2. The number of benzene rings is 1. The molecule has 1 aromatic rings. The van der Waals surface area contributed by atoms with Gasteiger partial charge in [0, 0.05) is 24.2 Å². The second-order valence-corrected chi connectivity index (χ2v) is 4.03. The fourth-order valence-electron chi connectivity index (χ4n) is 1.66. The zero-order valence-electron chi connectivity index (χ0n) is 10.1. The molecule has 0 saturated heterocycles. The summed E-state index contributed by atoms with van der Waals surface area (Å²) < 4.78 is 0. The van der Waals surface area contributed by atoms with Crippen molar-refractivity contribution < 1.29 is 10.0 Å². The number of non-ortho nitro benzene ring substituents is 1. The van der Waals surface area contributed by atoms with E-state index in [1.807, 2.05) is 19.9 Å². The van der Waals surface area contributed by atoms with Gasteiger partial charge in [0.15, 0.2) is 0 Å². The average Bonchev–Trinajstić information content (AvgIpc) is 2.35. The van der Waals surface area contributed by atoms with E-state index in [0.717, 1.165) is 12.0 Å². The molecule has 2 N–H and O–H groups in total. The third-order valence-electron chi connectivity index (χ3n) is 2.78. The quantitative estimate of drug-likeness (QED) is 0.587. The van der Waals surface area contributed by atoms with Gasteiger partial charge in [-0.25, -0.2) is 0 Å². The molecule has 94 valence electrons. The smallest absolute Gasteiger partial charge is 0.269 e. The summed E-state index contributed by atoms with van der Waals surface area (Å²) in [6, 6.07) is 6.54. The van der Waals surface area contributed by atoms with Crippen molar-refractivity contribution in [3.63, 3.8) is 0 Å². The first kappa shape index (κ1) is 13.6. The first-order valence-electron chi connectivity index (χ1n) is 5.69. The average molecular weight is 238 g/mol. The van der Waals surface area contributed by atoms with Crippen LogP contribution in [0.1, 0.15) is 31.9 Å². The number of aliphatic hydroxyl groups excluding tert-OH is 1. The summed E-state index contributed by atoms with van der Waals surface area (Å²) in [7, 11) is 0. The van der Waals surface area contributed by atoms with Gasteiger partial charge in [0.05, 0.1) is 11.5 Å². The van der Waals surface area contributed by atoms with Crippen LogP contribution >= 0.6 is 0 Å². The summed E-state index contributed by atoms with van der Waals surface area (Å²) in [5.41, 5.74) is 0.944. The van der Waals surface area contributed by atoms with E-state index >= 15 is 0 Å². The van der Waals surface area contributed by atoms with Crippen LogP contribution in [-0.2, 0) is 0 Å². The van der Waals surface area contributed by atoms with Crippen molar-refractivity contribution in [3.05, 3.63) is 39.9 Å². The SMILES string of the molecule is CC[C@H](CO)NC(C)c1cccc([N+](=O)[O-])c1. The van der Waals surface area contributed by atoms with Gasteiger partial charge in [-0.1, -0.05) is 19.1 Å². The molecule has 0 saturated carbocycles. The van der Waals surface area contributed by atoms with Crippen molar-refractivity contribution in [2.24, 2.45) is 0 Å². The van der Waals surface area contributed by atoms with E-state index in [4.69, 9.17) is 5.11 Å². The number of hydrogen-bond acceptors (Lipinski definition) is 4. The molecule has 0 aromatic heterocycles. The first-order valence-corrected chi connectivity index (χ1v) is 5.69. The fourth-order valence-corrected chi connectivity index (χ4v) is 1.66. The van der Waals surface area contributed by atoms with Crippen molar-refractivity contribution in [1.82, 2.24) is 5.32 Å². The minimum absolute atomic E-state index is 0.0178. The van der Waals surface area contributed by atoms with Crippen molar-refractivity contribution >= 4 is 5.69 Å². The van der Waals surface area contributed by atoms with Gasteiger partial charge in [0.2, 0.25) is 0 Å². The number of rotatable bonds is 6. The molecule has 17 heavy (non-hydrogen) atoms. The number of nitro groups is 1. The summed E-state index contributed by atoms with van der Waals surface area (Å²) in [5.74, 6) is 0. The molecule has 0 aliphatic rings. The summed E-state index contributed by atoms with van der Waals surface area (Å²) in [6.45, 7) is 3.97. The number of nitrogens with zero attached hydrogens (tertiary/aromatic N) is 1. The van der Waals surface area contributed by atoms with Crippen LogP contribution in [0.25, 0.3) is 0 Å². The zero-order chi connectivity index (χ0) is 12.8. The highest BCUT2D eigenvalue weighted by Gasteiger charge is 2.13. The second-order valence-electron chi connectivity index (χ2n) is 4.03. The van der Waals surface area contributed by atoms with E-state index in [1.54, 1.807) is 12.1 Å². The topological polar surface area (TPSA) is 75.4 Å². The highest BCUT2D eigenvalue weighted by atomic mass is 16.6. The van der Waals surface area contributed by atoms with Crippen molar-refractivity contribution in [3.8, 4) is 0 Å². The molecule has 0 aliphatic heterocycles. The predicted octanol–water partition coefficient (Wildman–Crippen LogP) is 2.02. The molecule has 0 amide bonds. The molecule has 0 fully saturated rings. The van der Waals surface area contributed by atoms with Gasteiger partial charge < -0.3 is 10.4 Å². The van der Waals surface area contributed by atoms with E-state index in [-0.39, 0.29) is 24.4 Å². The lowest BCUT2D eigenvalue weighted by Gasteiger charge is -2.20. The molecule has 5 nitrogen and oxygen atoms in total. The Morgan fingerprint density at radius 2 is 2.24 bits per heavy atom. The Bertz CT molecular complexity index is 378. The molecule has 1 aromatic carbocycles. The van der Waals surface area contributed by atoms with Gasteiger partial charge >= 0.3 is 0 Å². The summed E-state index contributed by atoms with van der Waals surface area (Å²) >= 11 is 0. The lowest BCUT2D eigenvalue weighted by molar-refractivity contribution is -0.384. The highest BCUT2D eigenvalue weighted by molar-refractivity contribution is 5.35. The lowest BCUT2D eigenvalue weighted by atomic mass is 10.1. The Labute approximate surface area is 101 Å². The van der Waals surface area contributed by atoms with E-state index in [2.05, 4.69) is 5.32 Å².